The molecule has 1 rings (SSSR count). The second-order valence-electron chi connectivity index (χ2n) is 5.92. The quantitative estimate of drug-likeness (QED) is 0.714. The molecule has 1 aliphatic carbocycles. The van der Waals surface area contributed by atoms with Crippen molar-refractivity contribution in [2.75, 3.05) is 6.54 Å². The average molecular weight is 225 g/mol. The van der Waals surface area contributed by atoms with E-state index in [1.807, 2.05) is 0 Å². The minimum absolute atomic E-state index is 0.0946. The lowest BCUT2D eigenvalue weighted by Crippen LogP contribution is -2.38. The third-order valence-electron chi connectivity index (χ3n) is 4.09. The minimum Gasteiger partial charge on any atom is -0.356 e. The van der Waals surface area contributed by atoms with E-state index in [1.54, 1.807) is 0 Å². The molecule has 0 spiro atoms. The maximum absolute atomic E-state index is 12.1. The SMILES string of the molecule is CCCCNC(=O)C1(C)CCC(C(C)C)C1. The van der Waals surface area contributed by atoms with Crippen LogP contribution < -0.4 is 5.32 Å². The van der Waals surface area contributed by atoms with Crippen LogP contribution in [0.25, 0.3) is 0 Å². The predicted octanol–water partition coefficient (Wildman–Crippen LogP) is 3.37. The summed E-state index contributed by atoms with van der Waals surface area (Å²) in [6.07, 6.45) is 5.59. The van der Waals surface area contributed by atoms with Crippen molar-refractivity contribution < 1.29 is 4.79 Å². The molecule has 0 saturated heterocycles. The van der Waals surface area contributed by atoms with Crippen molar-refractivity contribution in [1.29, 1.82) is 0 Å². The lowest BCUT2D eigenvalue weighted by molar-refractivity contribution is -0.130. The van der Waals surface area contributed by atoms with Crippen molar-refractivity contribution in [3.05, 3.63) is 0 Å². The normalized spacial score (nSPS) is 29.7. The van der Waals surface area contributed by atoms with Gasteiger partial charge in [0.1, 0.15) is 0 Å². The fourth-order valence-electron chi connectivity index (χ4n) is 2.65. The van der Waals surface area contributed by atoms with Gasteiger partial charge in [-0.05, 0) is 37.5 Å². The van der Waals surface area contributed by atoms with Crippen molar-refractivity contribution in [2.45, 2.75) is 59.8 Å². The van der Waals surface area contributed by atoms with Gasteiger partial charge < -0.3 is 5.32 Å². The van der Waals surface area contributed by atoms with Gasteiger partial charge in [-0.1, -0.05) is 34.1 Å². The summed E-state index contributed by atoms with van der Waals surface area (Å²) in [7, 11) is 0. The molecule has 1 aliphatic rings. The van der Waals surface area contributed by atoms with Gasteiger partial charge in [0, 0.05) is 12.0 Å². The summed E-state index contributed by atoms with van der Waals surface area (Å²) in [6, 6.07) is 0. The van der Waals surface area contributed by atoms with E-state index in [2.05, 4.69) is 33.0 Å². The first kappa shape index (κ1) is 13.5. The van der Waals surface area contributed by atoms with E-state index in [1.165, 1.54) is 6.42 Å². The summed E-state index contributed by atoms with van der Waals surface area (Å²) in [5.74, 6) is 1.73. The Morgan fingerprint density at radius 2 is 2.19 bits per heavy atom. The number of carbonyl (C=O) groups is 1. The van der Waals surface area contributed by atoms with Crippen LogP contribution in [0.1, 0.15) is 59.8 Å². The maximum Gasteiger partial charge on any atom is 0.225 e. The number of rotatable bonds is 5. The Morgan fingerprint density at radius 3 is 2.69 bits per heavy atom. The number of carbonyl (C=O) groups excluding carboxylic acids is 1. The first-order valence-electron chi connectivity index (χ1n) is 6.78. The van der Waals surface area contributed by atoms with E-state index in [0.717, 1.165) is 38.1 Å². The highest BCUT2D eigenvalue weighted by molar-refractivity contribution is 5.82. The van der Waals surface area contributed by atoms with E-state index in [-0.39, 0.29) is 11.3 Å². The van der Waals surface area contributed by atoms with Crippen LogP contribution in [0.5, 0.6) is 0 Å². The smallest absolute Gasteiger partial charge is 0.225 e. The summed E-state index contributed by atoms with van der Waals surface area (Å²) in [5, 5.41) is 3.09. The summed E-state index contributed by atoms with van der Waals surface area (Å²) in [5.41, 5.74) is -0.0946. The first-order chi connectivity index (χ1) is 7.49. The molecule has 0 aromatic carbocycles. The molecule has 94 valence electrons. The maximum atomic E-state index is 12.1. The molecule has 0 heterocycles. The molecule has 1 fully saturated rings. The Labute approximate surface area is 100 Å². The van der Waals surface area contributed by atoms with Crippen LogP contribution in [0.3, 0.4) is 0 Å². The lowest BCUT2D eigenvalue weighted by Gasteiger charge is -2.24. The van der Waals surface area contributed by atoms with Crippen LogP contribution in [0.2, 0.25) is 0 Å². The minimum atomic E-state index is -0.0946. The highest BCUT2D eigenvalue weighted by atomic mass is 16.2. The Balaban J connectivity index is 2.43. The molecule has 0 radical (unpaired) electrons. The van der Waals surface area contributed by atoms with E-state index < -0.39 is 0 Å². The molecule has 2 atom stereocenters. The van der Waals surface area contributed by atoms with Crippen LogP contribution in [-0.2, 0) is 4.79 Å². The standard InChI is InChI=1S/C14H27NO/c1-5-6-9-15-13(16)14(4)8-7-12(10-14)11(2)3/h11-12H,5-10H2,1-4H3,(H,15,16). The molecule has 1 amide bonds. The number of amides is 1. The van der Waals surface area contributed by atoms with Gasteiger partial charge in [0.15, 0.2) is 0 Å². The van der Waals surface area contributed by atoms with Gasteiger partial charge in [-0.25, -0.2) is 0 Å². The molecular formula is C14H27NO. The van der Waals surface area contributed by atoms with Crippen LogP contribution in [0.15, 0.2) is 0 Å². The fraction of sp³-hybridized carbons (Fsp3) is 0.929. The Bertz CT molecular complexity index is 237. The summed E-state index contributed by atoms with van der Waals surface area (Å²) in [6.45, 7) is 9.67. The zero-order valence-corrected chi connectivity index (χ0v) is 11.3. The zero-order chi connectivity index (χ0) is 12.2. The second kappa shape index (κ2) is 5.70. The van der Waals surface area contributed by atoms with Crippen molar-refractivity contribution in [3.63, 3.8) is 0 Å². The topological polar surface area (TPSA) is 29.1 Å². The predicted molar refractivity (Wildman–Crippen MR) is 68.2 cm³/mol. The average Bonchev–Trinajstić information content (AvgIpc) is 2.63. The van der Waals surface area contributed by atoms with Gasteiger partial charge in [0.05, 0.1) is 0 Å². The highest BCUT2D eigenvalue weighted by Gasteiger charge is 2.41. The molecule has 0 aliphatic heterocycles. The van der Waals surface area contributed by atoms with Crippen molar-refractivity contribution in [3.8, 4) is 0 Å². The van der Waals surface area contributed by atoms with Gasteiger partial charge in [-0.2, -0.15) is 0 Å². The van der Waals surface area contributed by atoms with Gasteiger partial charge in [0.2, 0.25) is 5.91 Å². The number of nitrogens with one attached hydrogen (secondary N) is 1. The van der Waals surface area contributed by atoms with Gasteiger partial charge in [0.25, 0.3) is 0 Å². The fourth-order valence-corrected chi connectivity index (χ4v) is 2.65. The monoisotopic (exact) mass is 225 g/mol. The first-order valence-corrected chi connectivity index (χ1v) is 6.78. The Kier molecular flexibility index (Phi) is 4.82. The number of unbranched alkanes of at least 4 members (excludes halogenated alkanes) is 1. The zero-order valence-electron chi connectivity index (χ0n) is 11.3. The number of hydrogen-bond acceptors (Lipinski definition) is 1. The third kappa shape index (κ3) is 3.23. The van der Waals surface area contributed by atoms with Crippen LogP contribution in [0, 0.1) is 17.3 Å². The van der Waals surface area contributed by atoms with Crippen molar-refractivity contribution in [2.24, 2.45) is 17.3 Å². The Hall–Kier alpha value is -0.530. The summed E-state index contributed by atoms with van der Waals surface area (Å²) >= 11 is 0. The highest BCUT2D eigenvalue weighted by Crippen LogP contribution is 2.44. The van der Waals surface area contributed by atoms with E-state index in [0.29, 0.717) is 5.92 Å². The molecule has 1 saturated carbocycles. The van der Waals surface area contributed by atoms with E-state index in [9.17, 15) is 4.79 Å². The molecule has 0 aromatic heterocycles. The van der Waals surface area contributed by atoms with Crippen LogP contribution in [0.4, 0.5) is 0 Å². The molecular weight excluding hydrogens is 198 g/mol. The molecule has 2 unspecified atom stereocenters. The largest absolute Gasteiger partial charge is 0.356 e. The molecule has 1 N–H and O–H groups in total. The second-order valence-corrected chi connectivity index (χ2v) is 5.92. The molecule has 0 bridgehead atoms. The van der Waals surface area contributed by atoms with Gasteiger partial charge >= 0.3 is 0 Å². The van der Waals surface area contributed by atoms with Gasteiger partial charge in [-0.3, -0.25) is 4.79 Å². The molecule has 16 heavy (non-hydrogen) atoms. The van der Waals surface area contributed by atoms with E-state index >= 15 is 0 Å². The third-order valence-corrected chi connectivity index (χ3v) is 4.09. The molecule has 2 nitrogen and oxygen atoms in total. The molecule has 2 heteroatoms. The lowest BCUT2D eigenvalue weighted by atomic mass is 9.84. The number of hydrogen-bond donors (Lipinski definition) is 1. The summed E-state index contributed by atoms with van der Waals surface area (Å²) < 4.78 is 0. The van der Waals surface area contributed by atoms with Crippen LogP contribution in [-0.4, -0.2) is 12.5 Å². The molecule has 0 aromatic rings. The van der Waals surface area contributed by atoms with Crippen molar-refractivity contribution >= 4 is 5.91 Å². The van der Waals surface area contributed by atoms with Crippen molar-refractivity contribution in [1.82, 2.24) is 5.32 Å². The van der Waals surface area contributed by atoms with E-state index in [4.69, 9.17) is 0 Å². The van der Waals surface area contributed by atoms with Gasteiger partial charge in [-0.15, -0.1) is 0 Å². The Morgan fingerprint density at radius 1 is 1.50 bits per heavy atom. The van der Waals surface area contributed by atoms with Crippen LogP contribution >= 0.6 is 0 Å². The summed E-state index contributed by atoms with van der Waals surface area (Å²) in [4.78, 5) is 12.1.